The van der Waals surface area contributed by atoms with Gasteiger partial charge in [0.2, 0.25) is 0 Å². The Labute approximate surface area is 194 Å². The van der Waals surface area contributed by atoms with E-state index in [0.29, 0.717) is 16.8 Å². The van der Waals surface area contributed by atoms with E-state index in [1.165, 1.54) is 4.90 Å². The third-order valence-corrected chi connectivity index (χ3v) is 6.32. The Bertz CT molecular complexity index is 1610. The number of fused-ring (bicyclic) bond motifs is 2. The van der Waals surface area contributed by atoms with Crippen LogP contribution < -0.4 is 4.90 Å². The molecule has 1 aliphatic heterocycles. The topological polar surface area (TPSA) is 86.3 Å². The van der Waals surface area contributed by atoms with Gasteiger partial charge >= 0.3 is 0 Å². The van der Waals surface area contributed by atoms with Crippen LogP contribution in [-0.4, -0.2) is 26.8 Å². The molecule has 34 heavy (non-hydrogen) atoms. The number of H-pyrrole nitrogens is 1. The van der Waals surface area contributed by atoms with Crippen LogP contribution >= 0.6 is 0 Å². The van der Waals surface area contributed by atoms with Gasteiger partial charge in [-0.25, -0.2) is 0 Å². The Morgan fingerprint density at radius 3 is 2.47 bits per heavy atom. The number of aliphatic hydroxyl groups excluding tert-OH is 1. The number of carbonyl (C=O) groups excluding carboxylic acids is 2. The lowest BCUT2D eigenvalue weighted by atomic mass is 9.95. The summed E-state index contributed by atoms with van der Waals surface area (Å²) in [5.74, 6) is -1.64. The van der Waals surface area contributed by atoms with Crippen molar-refractivity contribution in [3.05, 3.63) is 114 Å². The molecular weight excluding hydrogens is 426 g/mol. The zero-order valence-electron chi connectivity index (χ0n) is 18.0. The monoisotopic (exact) mass is 445 g/mol. The number of aromatic nitrogens is 2. The van der Waals surface area contributed by atoms with E-state index in [2.05, 4.69) is 9.97 Å². The number of Topliss-reactive ketones (excluding diaryl/α,β-unsaturated/α-hetero) is 1. The number of nitrogens with zero attached hydrogens (tertiary/aromatic N) is 2. The zero-order chi connectivity index (χ0) is 23.2. The van der Waals surface area contributed by atoms with Crippen LogP contribution in [0.2, 0.25) is 0 Å². The Morgan fingerprint density at radius 2 is 1.65 bits per heavy atom. The molecule has 0 spiro atoms. The highest BCUT2D eigenvalue weighted by Gasteiger charge is 2.47. The van der Waals surface area contributed by atoms with Crippen LogP contribution in [0, 0.1) is 0 Å². The number of pyridine rings is 1. The van der Waals surface area contributed by atoms with Crippen molar-refractivity contribution in [3.63, 3.8) is 0 Å². The van der Waals surface area contributed by atoms with Crippen molar-refractivity contribution in [1.82, 2.24) is 9.97 Å². The SMILES string of the molecule is O=C1C(=O)N(c2cccc3ccccc23)C(c2cccnc2)/C1=C(/O)c1c[nH]c2ccccc12. The van der Waals surface area contributed by atoms with E-state index < -0.39 is 17.7 Å². The average molecular weight is 445 g/mol. The number of anilines is 1. The normalized spacial score (nSPS) is 17.6. The lowest BCUT2D eigenvalue weighted by Crippen LogP contribution is -2.29. The van der Waals surface area contributed by atoms with Crippen LogP contribution in [-0.2, 0) is 9.59 Å². The van der Waals surface area contributed by atoms with Crippen molar-refractivity contribution in [3.8, 4) is 0 Å². The van der Waals surface area contributed by atoms with Gasteiger partial charge in [-0.2, -0.15) is 0 Å². The molecule has 1 fully saturated rings. The van der Waals surface area contributed by atoms with Crippen molar-refractivity contribution in [2.24, 2.45) is 0 Å². The predicted molar refractivity (Wildman–Crippen MR) is 131 cm³/mol. The summed E-state index contributed by atoms with van der Waals surface area (Å²) in [5.41, 5.74) is 2.57. The average Bonchev–Trinajstić information content (AvgIpc) is 3.43. The number of nitrogens with one attached hydrogen (secondary N) is 1. The number of ketones is 1. The molecule has 0 radical (unpaired) electrons. The van der Waals surface area contributed by atoms with Gasteiger partial charge in [0.25, 0.3) is 11.7 Å². The molecule has 1 unspecified atom stereocenters. The van der Waals surface area contributed by atoms with Crippen LogP contribution in [0.25, 0.3) is 27.4 Å². The molecule has 6 nitrogen and oxygen atoms in total. The summed E-state index contributed by atoms with van der Waals surface area (Å²) in [4.78, 5) is 35.7. The number of aliphatic hydroxyl groups is 1. The van der Waals surface area contributed by atoms with Crippen molar-refractivity contribution in [1.29, 1.82) is 0 Å². The van der Waals surface area contributed by atoms with E-state index in [-0.39, 0.29) is 11.3 Å². The fourth-order valence-electron chi connectivity index (χ4n) is 4.77. The molecule has 6 heteroatoms. The quantitative estimate of drug-likeness (QED) is 0.223. The molecule has 1 atom stereocenters. The number of rotatable bonds is 3. The first-order valence-corrected chi connectivity index (χ1v) is 10.9. The smallest absolute Gasteiger partial charge is 0.300 e. The van der Waals surface area contributed by atoms with E-state index in [9.17, 15) is 14.7 Å². The highest BCUT2D eigenvalue weighted by atomic mass is 16.3. The zero-order valence-corrected chi connectivity index (χ0v) is 18.0. The van der Waals surface area contributed by atoms with Crippen LogP contribution in [0.3, 0.4) is 0 Å². The molecular formula is C28H19N3O3. The van der Waals surface area contributed by atoms with E-state index in [0.717, 1.165) is 21.7 Å². The van der Waals surface area contributed by atoms with Crippen molar-refractivity contribution < 1.29 is 14.7 Å². The summed E-state index contributed by atoms with van der Waals surface area (Å²) in [6.45, 7) is 0. The van der Waals surface area contributed by atoms with E-state index in [1.807, 2.05) is 72.8 Å². The number of hydrogen-bond acceptors (Lipinski definition) is 4. The summed E-state index contributed by atoms with van der Waals surface area (Å²) in [6.07, 6.45) is 4.91. The number of carbonyl (C=O) groups is 2. The second-order valence-corrected chi connectivity index (χ2v) is 8.20. The third-order valence-electron chi connectivity index (χ3n) is 6.32. The minimum Gasteiger partial charge on any atom is -0.507 e. The molecule has 6 rings (SSSR count). The fourth-order valence-corrected chi connectivity index (χ4v) is 4.77. The maximum absolute atomic E-state index is 13.5. The van der Waals surface area contributed by atoms with E-state index in [1.54, 1.807) is 24.7 Å². The second kappa shape index (κ2) is 7.71. The van der Waals surface area contributed by atoms with Gasteiger partial charge in [-0.05, 0) is 29.1 Å². The van der Waals surface area contributed by atoms with Crippen LogP contribution in [0.1, 0.15) is 17.2 Å². The van der Waals surface area contributed by atoms with Gasteiger partial charge in [-0.15, -0.1) is 0 Å². The Hall–Kier alpha value is -4.71. The number of para-hydroxylation sites is 1. The lowest BCUT2D eigenvalue weighted by Gasteiger charge is -2.26. The van der Waals surface area contributed by atoms with Crippen molar-refractivity contribution >= 4 is 44.8 Å². The lowest BCUT2D eigenvalue weighted by molar-refractivity contribution is -0.132. The molecule has 2 N–H and O–H groups in total. The van der Waals surface area contributed by atoms with Crippen molar-refractivity contribution in [2.75, 3.05) is 4.90 Å². The number of hydrogen-bond donors (Lipinski definition) is 2. The summed E-state index contributed by atoms with van der Waals surface area (Å²) < 4.78 is 0. The minimum atomic E-state index is -0.826. The summed E-state index contributed by atoms with van der Waals surface area (Å²) in [7, 11) is 0. The van der Waals surface area contributed by atoms with Gasteiger partial charge in [0.15, 0.2) is 0 Å². The molecule has 0 bridgehead atoms. The molecule has 0 saturated carbocycles. The fraction of sp³-hybridized carbons (Fsp3) is 0.0357. The molecule has 1 amide bonds. The molecule has 1 saturated heterocycles. The van der Waals surface area contributed by atoms with Gasteiger partial charge in [-0.1, -0.05) is 60.7 Å². The molecule has 2 aromatic heterocycles. The Balaban J connectivity index is 1.63. The van der Waals surface area contributed by atoms with Gasteiger partial charge in [0.05, 0.1) is 17.3 Å². The van der Waals surface area contributed by atoms with Crippen LogP contribution in [0.5, 0.6) is 0 Å². The third kappa shape index (κ3) is 2.93. The molecule has 3 aromatic carbocycles. The summed E-state index contributed by atoms with van der Waals surface area (Å²) in [5, 5.41) is 14.0. The maximum atomic E-state index is 13.5. The first kappa shape index (κ1) is 19.9. The highest BCUT2D eigenvalue weighted by molar-refractivity contribution is 6.52. The van der Waals surface area contributed by atoms with Crippen LogP contribution in [0.4, 0.5) is 5.69 Å². The predicted octanol–water partition coefficient (Wildman–Crippen LogP) is 5.34. The molecule has 0 aliphatic carbocycles. The number of benzene rings is 3. The summed E-state index contributed by atoms with van der Waals surface area (Å²) >= 11 is 0. The molecule has 1 aliphatic rings. The molecule has 164 valence electrons. The standard InChI is InChI=1S/C28H19N3O3/c32-26(21-16-30-22-12-4-3-11-20(21)22)24-25(18-9-6-14-29-15-18)31(28(34)27(24)33)23-13-5-8-17-7-1-2-10-19(17)23/h1-16,25,30,32H/b26-24-. The number of aromatic amines is 1. The van der Waals surface area contributed by atoms with E-state index in [4.69, 9.17) is 0 Å². The maximum Gasteiger partial charge on any atom is 0.300 e. The number of amides is 1. The molecule has 3 heterocycles. The van der Waals surface area contributed by atoms with Gasteiger partial charge in [0.1, 0.15) is 5.76 Å². The largest absolute Gasteiger partial charge is 0.507 e. The van der Waals surface area contributed by atoms with Gasteiger partial charge in [0, 0.05) is 40.4 Å². The van der Waals surface area contributed by atoms with Crippen LogP contribution in [0.15, 0.2) is 103 Å². The Kier molecular flexibility index (Phi) is 4.52. The summed E-state index contributed by atoms with van der Waals surface area (Å²) in [6, 6.07) is 23.6. The second-order valence-electron chi connectivity index (χ2n) is 8.20. The highest BCUT2D eigenvalue weighted by Crippen LogP contribution is 2.44. The first-order chi connectivity index (χ1) is 16.6. The molecule has 5 aromatic rings. The van der Waals surface area contributed by atoms with Gasteiger partial charge < -0.3 is 10.1 Å². The van der Waals surface area contributed by atoms with Crippen molar-refractivity contribution in [2.45, 2.75) is 6.04 Å². The Morgan fingerprint density at radius 1 is 0.882 bits per heavy atom. The van der Waals surface area contributed by atoms with E-state index >= 15 is 0 Å². The first-order valence-electron chi connectivity index (χ1n) is 10.9. The van der Waals surface area contributed by atoms with Gasteiger partial charge in [-0.3, -0.25) is 19.5 Å². The minimum absolute atomic E-state index is 0.0377.